The van der Waals surface area contributed by atoms with Crippen LogP contribution in [0.3, 0.4) is 0 Å². The van der Waals surface area contributed by atoms with Crippen molar-refractivity contribution in [2.45, 2.75) is 6.92 Å². The van der Waals surface area contributed by atoms with E-state index in [9.17, 15) is 9.18 Å². The molecule has 0 radical (unpaired) electrons. The SMILES string of the molecule is Cc1ccc(Cl)cc1-c1[nH]c(-c2ccnc(N)n2)cc1C(=O)NCCF. The molecule has 3 rings (SSSR count). The van der Waals surface area contributed by atoms with E-state index in [1.54, 1.807) is 24.3 Å². The second-order valence-corrected chi connectivity index (χ2v) is 6.11. The highest BCUT2D eigenvalue weighted by Crippen LogP contribution is 2.32. The van der Waals surface area contributed by atoms with Gasteiger partial charge in [-0.25, -0.2) is 14.4 Å². The highest BCUT2D eigenvalue weighted by atomic mass is 35.5. The smallest absolute Gasteiger partial charge is 0.253 e. The van der Waals surface area contributed by atoms with Crippen LogP contribution in [0, 0.1) is 6.92 Å². The van der Waals surface area contributed by atoms with Crippen LogP contribution >= 0.6 is 11.6 Å². The zero-order valence-electron chi connectivity index (χ0n) is 14.0. The zero-order chi connectivity index (χ0) is 18.7. The number of rotatable bonds is 5. The van der Waals surface area contributed by atoms with Gasteiger partial charge in [0.1, 0.15) is 6.67 Å². The first-order valence-corrected chi connectivity index (χ1v) is 8.30. The van der Waals surface area contributed by atoms with Crippen LogP contribution in [-0.2, 0) is 0 Å². The van der Waals surface area contributed by atoms with Gasteiger partial charge in [-0.05, 0) is 36.8 Å². The normalized spacial score (nSPS) is 10.7. The van der Waals surface area contributed by atoms with Gasteiger partial charge in [0.25, 0.3) is 5.91 Å². The van der Waals surface area contributed by atoms with E-state index in [1.807, 2.05) is 13.0 Å². The number of nitrogens with one attached hydrogen (secondary N) is 2. The Morgan fingerprint density at radius 3 is 2.88 bits per heavy atom. The lowest BCUT2D eigenvalue weighted by Crippen LogP contribution is -2.25. The summed E-state index contributed by atoms with van der Waals surface area (Å²) in [6, 6.07) is 8.75. The van der Waals surface area contributed by atoms with Gasteiger partial charge in [0, 0.05) is 23.3 Å². The third-order valence-corrected chi connectivity index (χ3v) is 4.10. The van der Waals surface area contributed by atoms with Crippen LogP contribution in [0.25, 0.3) is 22.6 Å². The summed E-state index contributed by atoms with van der Waals surface area (Å²) < 4.78 is 12.5. The van der Waals surface area contributed by atoms with Crippen molar-refractivity contribution in [2.24, 2.45) is 0 Å². The molecule has 0 saturated heterocycles. The number of aromatic amines is 1. The average molecular weight is 374 g/mol. The summed E-state index contributed by atoms with van der Waals surface area (Å²) in [5.74, 6) is -0.262. The van der Waals surface area contributed by atoms with Crippen molar-refractivity contribution < 1.29 is 9.18 Å². The molecule has 26 heavy (non-hydrogen) atoms. The summed E-state index contributed by atoms with van der Waals surface area (Å²) in [5, 5.41) is 3.09. The third-order valence-electron chi connectivity index (χ3n) is 3.86. The van der Waals surface area contributed by atoms with E-state index < -0.39 is 6.67 Å². The maximum atomic E-state index is 12.5. The number of nitrogens with zero attached hydrogens (tertiary/aromatic N) is 2. The summed E-state index contributed by atoms with van der Waals surface area (Å²) in [6.45, 7) is 1.21. The van der Waals surface area contributed by atoms with Crippen LogP contribution in [0.5, 0.6) is 0 Å². The van der Waals surface area contributed by atoms with E-state index in [0.29, 0.717) is 27.7 Å². The molecule has 0 fully saturated rings. The predicted octanol–water partition coefficient (Wildman–Crippen LogP) is 3.38. The molecule has 0 aliphatic rings. The Morgan fingerprint density at radius 2 is 2.15 bits per heavy atom. The average Bonchev–Trinajstić information content (AvgIpc) is 3.07. The molecule has 3 aromatic rings. The van der Waals surface area contributed by atoms with Crippen LogP contribution in [0.15, 0.2) is 36.5 Å². The first-order valence-electron chi connectivity index (χ1n) is 7.92. The topological polar surface area (TPSA) is 96.7 Å². The molecular formula is C18H17ClFN5O. The minimum Gasteiger partial charge on any atom is -0.368 e. The molecule has 2 heterocycles. The van der Waals surface area contributed by atoms with E-state index in [4.69, 9.17) is 17.3 Å². The Kier molecular flexibility index (Phi) is 5.18. The molecule has 8 heteroatoms. The predicted molar refractivity (Wildman–Crippen MR) is 99.7 cm³/mol. The number of amides is 1. The van der Waals surface area contributed by atoms with Crippen LogP contribution in [0.4, 0.5) is 10.3 Å². The maximum absolute atomic E-state index is 12.5. The molecule has 0 spiro atoms. The number of halogens is 2. The van der Waals surface area contributed by atoms with Crippen LogP contribution in [0.2, 0.25) is 5.02 Å². The first-order chi connectivity index (χ1) is 12.5. The summed E-state index contributed by atoms with van der Waals surface area (Å²) >= 11 is 6.13. The monoisotopic (exact) mass is 373 g/mol. The maximum Gasteiger partial charge on any atom is 0.253 e. The summed E-state index contributed by atoms with van der Waals surface area (Å²) in [4.78, 5) is 23.8. The number of benzene rings is 1. The minimum atomic E-state index is -0.642. The fourth-order valence-electron chi connectivity index (χ4n) is 2.63. The fourth-order valence-corrected chi connectivity index (χ4v) is 2.80. The third kappa shape index (κ3) is 3.67. The molecule has 1 aromatic carbocycles. The molecule has 0 unspecified atom stereocenters. The number of nitrogens with two attached hydrogens (primary N) is 1. The van der Waals surface area contributed by atoms with Crippen molar-refractivity contribution in [2.75, 3.05) is 19.0 Å². The van der Waals surface area contributed by atoms with E-state index in [2.05, 4.69) is 20.3 Å². The van der Waals surface area contributed by atoms with Crippen molar-refractivity contribution in [1.29, 1.82) is 0 Å². The highest BCUT2D eigenvalue weighted by Gasteiger charge is 2.19. The van der Waals surface area contributed by atoms with Gasteiger partial charge >= 0.3 is 0 Å². The lowest BCUT2D eigenvalue weighted by molar-refractivity contribution is 0.0951. The molecule has 1 amide bonds. The van der Waals surface area contributed by atoms with Gasteiger partial charge < -0.3 is 16.0 Å². The van der Waals surface area contributed by atoms with Gasteiger partial charge in [0.2, 0.25) is 5.95 Å². The van der Waals surface area contributed by atoms with E-state index in [0.717, 1.165) is 11.1 Å². The second-order valence-electron chi connectivity index (χ2n) is 5.68. The van der Waals surface area contributed by atoms with E-state index in [-0.39, 0.29) is 18.4 Å². The van der Waals surface area contributed by atoms with Gasteiger partial charge in [0.15, 0.2) is 0 Å². The molecule has 4 N–H and O–H groups in total. The number of H-pyrrole nitrogens is 1. The zero-order valence-corrected chi connectivity index (χ0v) is 14.8. The van der Waals surface area contributed by atoms with Gasteiger partial charge in [-0.15, -0.1) is 0 Å². The standard InChI is InChI=1S/C18H17ClFN5O/c1-10-2-3-11(19)8-12(10)16-13(17(26)22-7-5-20)9-15(24-16)14-4-6-23-18(21)25-14/h2-4,6,8-9,24H,5,7H2,1H3,(H,22,26)(H2,21,23,25). The lowest BCUT2D eigenvalue weighted by Gasteiger charge is -2.08. The van der Waals surface area contributed by atoms with Crippen molar-refractivity contribution in [1.82, 2.24) is 20.3 Å². The summed E-state index contributed by atoms with van der Waals surface area (Å²) in [5.41, 5.74) is 9.45. The molecule has 0 atom stereocenters. The van der Waals surface area contributed by atoms with Crippen molar-refractivity contribution in [3.05, 3.63) is 52.7 Å². The lowest BCUT2D eigenvalue weighted by atomic mass is 10.0. The number of aryl methyl sites for hydroxylation is 1. The largest absolute Gasteiger partial charge is 0.368 e. The number of alkyl halides is 1. The summed E-state index contributed by atoms with van der Waals surface area (Å²) in [7, 11) is 0. The molecule has 6 nitrogen and oxygen atoms in total. The Morgan fingerprint density at radius 1 is 1.35 bits per heavy atom. The first kappa shape index (κ1) is 17.9. The molecule has 0 saturated carbocycles. The number of anilines is 1. The van der Waals surface area contributed by atoms with Crippen LogP contribution in [-0.4, -0.2) is 34.1 Å². The van der Waals surface area contributed by atoms with Crippen molar-refractivity contribution in [3.63, 3.8) is 0 Å². The molecular weight excluding hydrogens is 357 g/mol. The molecule has 2 aromatic heterocycles. The Hall–Kier alpha value is -2.93. The Labute approximate surface area is 154 Å². The van der Waals surface area contributed by atoms with Crippen molar-refractivity contribution >= 4 is 23.5 Å². The number of hydrogen-bond donors (Lipinski definition) is 3. The molecule has 0 aliphatic carbocycles. The van der Waals surface area contributed by atoms with E-state index >= 15 is 0 Å². The molecule has 0 aliphatic heterocycles. The molecule has 134 valence electrons. The number of carbonyl (C=O) groups excluding carboxylic acids is 1. The van der Waals surface area contributed by atoms with Gasteiger partial charge in [-0.3, -0.25) is 4.79 Å². The van der Waals surface area contributed by atoms with E-state index in [1.165, 1.54) is 6.20 Å². The molecule has 0 bridgehead atoms. The highest BCUT2D eigenvalue weighted by molar-refractivity contribution is 6.31. The fraction of sp³-hybridized carbons (Fsp3) is 0.167. The van der Waals surface area contributed by atoms with Gasteiger partial charge in [-0.1, -0.05) is 17.7 Å². The Balaban J connectivity index is 2.14. The van der Waals surface area contributed by atoms with Gasteiger partial charge in [0.05, 0.1) is 22.6 Å². The number of carbonyl (C=O) groups is 1. The minimum absolute atomic E-state index is 0.0617. The second kappa shape index (κ2) is 7.53. The van der Waals surface area contributed by atoms with Crippen LogP contribution in [0.1, 0.15) is 15.9 Å². The van der Waals surface area contributed by atoms with Crippen molar-refractivity contribution in [3.8, 4) is 22.6 Å². The van der Waals surface area contributed by atoms with Gasteiger partial charge in [-0.2, -0.15) is 0 Å². The Bertz CT molecular complexity index is 957. The quantitative estimate of drug-likeness (QED) is 0.638. The number of aromatic nitrogens is 3. The van der Waals surface area contributed by atoms with Crippen LogP contribution < -0.4 is 11.1 Å². The number of nitrogen functional groups attached to an aromatic ring is 1. The number of hydrogen-bond acceptors (Lipinski definition) is 4. The summed E-state index contributed by atoms with van der Waals surface area (Å²) in [6.07, 6.45) is 1.53.